The molecule has 0 aromatic heterocycles. The van der Waals surface area contributed by atoms with Crippen LogP contribution in [0.1, 0.15) is 39.0 Å². The van der Waals surface area contributed by atoms with Crippen LogP contribution in [0.3, 0.4) is 0 Å². The van der Waals surface area contributed by atoms with Crippen molar-refractivity contribution in [2.24, 2.45) is 5.92 Å². The molecule has 0 saturated carbocycles. The van der Waals surface area contributed by atoms with Gasteiger partial charge in [0.15, 0.2) is 9.84 Å². The van der Waals surface area contributed by atoms with Crippen LogP contribution in [0.15, 0.2) is 0 Å². The van der Waals surface area contributed by atoms with Crippen molar-refractivity contribution in [3.05, 3.63) is 0 Å². The fourth-order valence-corrected chi connectivity index (χ4v) is 4.08. The summed E-state index contributed by atoms with van der Waals surface area (Å²) in [5.41, 5.74) is 0. The minimum Gasteiger partial charge on any atom is -0.355 e. The maximum absolute atomic E-state index is 11.8. The Bertz CT molecular complexity index is 370. The van der Waals surface area contributed by atoms with Crippen molar-refractivity contribution in [3.63, 3.8) is 0 Å². The van der Waals surface area contributed by atoms with E-state index in [0.29, 0.717) is 31.2 Å². The summed E-state index contributed by atoms with van der Waals surface area (Å²) in [6, 6.07) is 0. The lowest BCUT2D eigenvalue weighted by Gasteiger charge is -2.21. The summed E-state index contributed by atoms with van der Waals surface area (Å²) in [6.45, 7) is 2.59. The average Bonchev–Trinajstić information content (AvgIpc) is 2.33. The van der Waals surface area contributed by atoms with E-state index in [9.17, 15) is 13.2 Å². The SMILES string of the molecule is CC(CCl)CCCNC(=O)C1CCCCS1(=O)=O. The van der Waals surface area contributed by atoms with E-state index in [1.165, 1.54) is 0 Å². The molecule has 0 radical (unpaired) electrons. The highest BCUT2D eigenvalue weighted by atomic mass is 35.5. The number of hydrogen-bond acceptors (Lipinski definition) is 3. The first-order chi connectivity index (χ1) is 8.47. The number of sulfone groups is 1. The lowest BCUT2D eigenvalue weighted by molar-refractivity contribution is -0.120. The number of hydrogen-bond donors (Lipinski definition) is 1. The van der Waals surface area contributed by atoms with Crippen molar-refractivity contribution in [2.45, 2.75) is 44.3 Å². The van der Waals surface area contributed by atoms with Crippen LogP contribution in [0, 0.1) is 5.92 Å². The Kier molecular flexibility index (Phi) is 6.43. The van der Waals surface area contributed by atoms with Crippen LogP contribution < -0.4 is 5.32 Å². The van der Waals surface area contributed by atoms with Crippen molar-refractivity contribution in [1.29, 1.82) is 0 Å². The molecule has 1 fully saturated rings. The molecule has 1 amide bonds. The van der Waals surface area contributed by atoms with Gasteiger partial charge in [0.1, 0.15) is 5.25 Å². The van der Waals surface area contributed by atoms with Crippen molar-refractivity contribution < 1.29 is 13.2 Å². The highest BCUT2D eigenvalue weighted by molar-refractivity contribution is 7.92. The van der Waals surface area contributed by atoms with Crippen molar-refractivity contribution in [3.8, 4) is 0 Å². The summed E-state index contributed by atoms with van der Waals surface area (Å²) < 4.78 is 23.5. The van der Waals surface area contributed by atoms with Gasteiger partial charge in [0.25, 0.3) is 0 Å². The third-order valence-corrected chi connectivity index (χ3v) is 6.01. The number of amides is 1. The molecule has 4 nitrogen and oxygen atoms in total. The fourth-order valence-electron chi connectivity index (χ4n) is 2.10. The lowest BCUT2D eigenvalue weighted by Crippen LogP contribution is -2.43. The molecule has 1 N–H and O–H groups in total. The first-order valence-corrected chi connectivity index (χ1v) is 8.77. The molecule has 0 aliphatic carbocycles. The third kappa shape index (κ3) is 4.76. The van der Waals surface area contributed by atoms with Gasteiger partial charge < -0.3 is 5.32 Å². The van der Waals surface area contributed by atoms with E-state index in [2.05, 4.69) is 12.2 Å². The molecule has 1 heterocycles. The molecule has 2 unspecified atom stereocenters. The Labute approximate surface area is 114 Å². The van der Waals surface area contributed by atoms with E-state index in [-0.39, 0.29) is 11.7 Å². The van der Waals surface area contributed by atoms with Gasteiger partial charge in [0.2, 0.25) is 5.91 Å². The molecule has 106 valence electrons. The first-order valence-electron chi connectivity index (χ1n) is 6.52. The number of nitrogens with one attached hydrogen (secondary N) is 1. The van der Waals surface area contributed by atoms with E-state index in [0.717, 1.165) is 19.3 Å². The first kappa shape index (κ1) is 15.8. The summed E-state index contributed by atoms with van der Waals surface area (Å²) in [5.74, 6) is 0.870. The van der Waals surface area contributed by atoms with Crippen LogP contribution in [-0.2, 0) is 14.6 Å². The number of carbonyl (C=O) groups is 1. The van der Waals surface area contributed by atoms with Crippen molar-refractivity contribution >= 4 is 27.3 Å². The molecule has 2 atom stereocenters. The lowest BCUT2D eigenvalue weighted by atomic mass is 10.1. The van der Waals surface area contributed by atoms with Gasteiger partial charge in [-0.1, -0.05) is 13.3 Å². The fraction of sp³-hybridized carbons (Fsp3) is 0.917. The van der Waals surface area contributed by atoms with Crippen LogP contribution in [-0.4, -0.2) is 37.8 Å². The number of alkyl halides is 1. The standard InChI is InChI=1S/C12H22ClNO3S/c1-10(9-13)5-4-7-14-12(15)11-6-2-3-8-18(11,16)17/h10-11H,2-9H2,1H3,(H,14,15). The van der Waals surface area contributed by atoms with E-state index < -0.39 is 15.1 Å². The minimum absolute atomic E-state index is 0.147. The molecule has 0 aromatic carbocycles. The Hall–Kier alpha value is -0.290. The molecular weight excluding hydrogens is 274 g/mol. The molecule has 1 rings (SSSR count). The average molecular weight is 296 g/mol. The summed E-state index contributed by atoms with van der Waals surface area (Å²) in [5, 5.41) is 1.90. The molecule has 1 saturated heterocycles. The number of halogens is 1. The summed E-state index contributed by atoms with van der Waals surface area (Å²) in [4.78, 5) is 11.8. The largest absolute Gasteiger partial charge is 0.355 e. The molecule has 0 spiro atoms. The highest BCUT2D eigenvalue weighted by Gasteiger charge is 2.34. The molecular formula is C12H22ClNO3S. The van der Waals surface area contributed by atoms with Gasteiger partial charge in [-0.3, -0.25) is 4.79 Å². The zero-order valence-electron chi connectivity index (χ0n) is 10.8. The van der Waals surface area contributed by atoms with Gasteiger partial charge >= 0.3 is 0 Å². The maximum Gasteiger partial charge on any atom is 0.238 e. The molecule has 18 heavy (non-hydrogen) atoms. The highest BCUT2D eigenvalue weighted by Crippen LogP contribution is 2.19. The second-order valence-electron chi connectivity index (χ2n) is 5.04. The maximum atomic E-state index is 11.8. The normalized spacial score (nSPS) is 24.4. The van der Waals surface area contributed by atoms with E-state index >= 15 is 0 Å². The van der Waals surface area contributed by atoms with Crippen LogP contribution in [0.5, 0.6) is 0 Å². The van der Waals surface area contributed by atoms with Gasteiger partial charge in [0.05, 0.1) is 5.75 Å². The monoisotopic (exact) mass is 295 g/mol. The number of rotatable bonds is 6. The van der Waals surface area contributed by atoms with E-state index in [4.69, 9.17) is 11.6 Å². The summed E-state index contributed by atoms with van der Waals surface area (Å²) >= 11 is 5.69. The molecule has 1 aliphatic rings. The second kappa shape index (κ2) is 7.34. The Morgan fingerprint density at radius 2 is 2.17 bits per heavy atom. The van der Waals surface area contributed by atoms with E-state index in [1.54, 1.807) is 0 Å². The third-order valence-electron chi connectivity index (χ3n) is 3.31. The van der Waals surface area contributed by atoms with Crippen LogP contribution >= 0.6 is 11.6 Å². The van der Waals surface area contributed by atoms with Gasteiger partial charge in [-0.25, -0.2) is 8.42 Å². The Balaban J connectivity index is 2.32. The number of carbonyl (C=O) groups excluding carboxylic acids is 1. The van der Waals surface area contributed by atoms with Crippen LogP contribution in [0.25, 0.3) is 0 Å². The topological polar surface area (TPSA) is 63.2 Å². The van der Waals surface area contributed by atoms with E-state index in [1.807, 2.05) is 0 Å². The summed E-state index contributed by atoms with van der Waals surface area (Å²) in [6.07, 6.45) is 3.75. The second-order valence-corrected chi connectivity index (χ2v) is 7.66. The van der Waals surface area contributed by atoms with Crippen molar-refractivity contribution in [1.82, 2.24) is 5.32 Å². The van der Waals surface area contributed by atoms with Crippen LogP contribution in [0.4, 0.5) is 0 Å². The minimum atomic E-state index is -3.21. The molecule has 0 bridgehead atoms. The van der Waals surface area contributed by atoms with Crippen LogP contribution in [0.2, 0.25) is 0 Å². The zero-order valence-corrected chi connectivity index (χ0v) is 12.4. The Morgan fingerprint density at radius 1 is 1.44 bits per heavy atom. The Morgan fingerprint density at radius 3 is 2.78 bits per heavy atom. The van der Waals surface area contributed by atoms with Gasteiger partial charge in [-0.15, -0.1) is 11.6 Å². The molecule has 0 aromatic rings. The van der Waals surface area contributed by atoms with Gasteiger partial charge in [0, 0.05) is 12.4 Å². The summed E-state index contributed by atoms with van der Waals surface area (Å²) in [7, 11) is -3.21. The smallest absolute Gasteiger partial charge is 0.238 e. The van der Waals surface area contributed by atoms with Crippen molar-refractivity contribution in [2.75, 3.05) is 18.2 Å². The predicted octanol–water partition coefficient (Wildman–Crippen LogP) is 1.72. The quantitative estimate of drug-likeness (QED) is 0.599. The zero-order chi connectivity index (χ0) is 13.6. The predicted molar refractivity (Wildman–Crippen MR) is 73.6 cm³/mol. The molecule has 1 aliphatic heterocycles. The van der Waals surface area contributed by atoms with Gasteiger partial charge in [-0.05, 0) is 31.6 Å². The van der Waals surface area contributed by atoms with Gasteiger partial charge in [-0.2, -0.15) is 0 Å². The molecule has 6 heteroatoms.